The van der Waals surface area contributed by atoms with E-state index in [0.717, 1.165) is 5.56 Å². The standard InChI is InChI=1S/C22H18Cl2N4O4/c1-12-20(26-27-28(12)16-8-9-19(30-3)17(24)10-16)22(29)31-11-18-13(2)32-21(25-18)14-4-6-15(23)7-5-14/h4-10H,11H2,1-3H3. The Labute approximate surface area is 193 Å². The predicted molar refractivity (Wildman–Crippen MR) is 118 cm³/mol. The van der Waals surface area contributed by atoms with E-state index >= 15 is 0 Å². The van der Waals surface area contributed by atoms with Gasteiger partial charge in [-0.25, -0.2) is 14.5 Å². The van der Waals surface area contributed by atoms with Crippen molar-refractivity contribution in [3.05, 3.63) is 75.4 Å². The van der Waals surface area contributed by atoms with Gasteiger partial charge in [0, 0.05) is 10.6 Å². The highest BCUT2D eigenvalue weighted by Gasteiger charge is 2.21. The number of ether oxygens (including phenoxy) is 2. The average molecular weight is 473 g/mol. The molecule has 4 aromatic rings. The summed E-state index contributed by atoms with van der Waals surface area (Å²) in [7, 11) is 1.53. The first-order valence-corrected chi connectivity index (χ1v) is 10.3. The summed E-state index contributed by atoms with van der Waals surface area (Å²) >= 11 is 12.1. The van der Waals surface area contributed by atoms with E-state index in [1.807, 2.05) is 0 Å². The Morgan fingerprint density at radius 2 is 1.88 bits per heavy atom. The second-order valence-electron chi connectivity index (χ2n) is 6.86. The van der Waals surface area contributed by atoms with Gasteiger partial charge in [0.15, 0.2) is 5.69 Å². The van der Waals surface area contributed by atoms with Gasteiger partial charge in [-0.2, -0.15) is 0 Å². The number of nitrogens with zero attached hydrogens (tertiary/aromatic N) is 4. The van der Waals surface area contributed by atoms with Gasteiger partial charge in [-0.3, -0.25) is 0 Å². The first kappa shape index (κ1) is 21.9. The molecule has 0 N–H and O–H groups in total. The molecule has 0 atom stereocenters. The summed E-state index contributed by atoms with van der Waals surface area (Å²) in [6.45, 7) is 3.40. The topological polar surface area (TPSA) is 92.3 Å². The molecule has 0 aliphatic rings. The van der Waals surface area contributed by atoms with Gasteiger partial charge in [-0.15, -0.1) is 5.10 Å². The number of aryl methyl sites for hydroxylation is 1. The molecular formula is C22H18Cl2N4O4. The molecular weight excluding hydrogens is 455 g/mol. The van der Waals surface area contributed by atoms with Crippen LogP contribution < -0.4 is 4.74 Å². The average Bonchev–Trinajstić information content (AvgIpc) is 3.35. The fraction of sp³-hybridized carbons (Fsp3) is 0.182. The van der Waals surface area contributed by atoms with E-state index in [0.29, 0.717) is 44.5 Å². The number of carbonyl (C=O) groups is 1. The van der Waals surface area contributed by atoms with Gasteiger partial charge in [0.1, 0.15) is 23.8 Å². The highest BCUT2D eigenvalue weighted by Crippen LogP contribution is 2.27. The van der Waals surface area contributed by atoms with E-state index in [9.17, 15) is 4.79 Å². The van der Waals surface area contributed by atoms with Crippen molar-refractivity contribution < 1.29 is 18.7 Å². The Morgan fingerprint density at radius 3 is 2.56 bits per heavy atom. The molecule has 0 radical (unpaired) electrons. The number of hydrogen-bond donors (Lipinski definition) is 0. The van der Waals surface area contributed by atoms with Gasteiger partial charge >= 0.3 is 5.97 Å². The molecule has 0 bridgehead atoms. The molecule has 0 saturated carbocycles. The highest BCUT2D eigenvalue weighted by atomic mass is 35.5. The lowest BCUT2D eigenvalue weighted by Gasteiger charge is -2.07. The summed E-state index contributed by atoms with van der Waals surface area (Å²) in [5.74, 6) is 0.886. The molecule has 0 amide bonds. The molecule has 0 fully saturated rings. The van der Waals surface area contributed by atoms with Crippen LogP contribution in [0.3, 0.4) is 0 Å². The molecule has 0 saturated heterocycles. The van der Waals surface area contributed by atoms with Gasteiger partial charge in [0.25, 0.3) is 0 Å². The molecule has 2 aromatic heterocycles. The zero-order valence-electron chi connectivity index (χ0n) is 17.4. The summed E-state index contributed by atoms with van der Waals surface area (Å²) in [6.07, 6.45) is 0. The molecule has 0 spiro atoms. The number of aromatic nitrogens is 4. The minimum Gasteiger partial charge on any atom is -0.495 e. The summed E-state index contributed by atoms with van der Waals surface area (Å²) in [5.41, 5.74) is 2.52. The molecule has 2 aromatic carbocycles. The van der Waals surface area contributed by atoms with Crippen molar-refractivity contribution in [2.75, 3.05) is 7.11 Å². The van der Waals surface area contributed by atoms with Crippen molar-refractivity contribution in [3.8, 4) is 22.9 Å². The Bertz CT molecular complexity index is 1280. The molecule has 10 heteroatoms. The third kappa shape index (κ3) is 4.32. The zero-order chi connectivity index (χ0) is 22.8. The van der Waals surface area contributed by atoms with E-state index in [1.54, 1.807) is 56.3 Å². The number of esters is 1. The third-order valence-corrected chi connectivity index (χ3v) is 5.34. The molecule has 164 valence electrons. The number of methoxy groups -OCH3 is 1. The Balaban J connectivity index is 1.48. The lowest BCUT2D eigenvalue weighted by Crippen LogP contribution is -2.09. The van der Waals surface area contributed by atoms with Gasteiger partial charge in [-0.05, 0) is 56.3 Å². The Morgan fingerprint density at radius 1 is 1.12 bits per heavy atom. The predicted octanol–water partition coefficient (Wildman–Crippen LogP) is 5.21. The fourth-order valence-electron chi connectivity index (χ4n) is 3.03. The van der Waals surface area contributed by atoms with Crippen LogP contribution in [0.4, 0.5) is 0 Å². The number of oxazole rings is 1. The largest absolute Gasteiger partial charge is 0.495 e. The summed E-state index contributed by atoms with van der Waals surface area (Å²) in [4.78, 5) is 17.0. The summed E-state index contributed by atoms with van der Waals surface area (Å²) in [5, 5.41) is 9.05. The van der Waals surface area contributed by atoms with Crippen LogP contribution in [0.1, 0.15) is 27.6 Å². The van der Waals surface area contributed by atoms with Crippen LogP contribution in [0.25, 0.3) is 17.1 Å². The van der Waals surface area contributed by atoms with Gasteiger partial charge in [0.05, 0.1) is 23.5 Å². The van der Waals surface area contributed by atoms with Crippen LogP contribution in [-0.4, -0.2) is 33.1 Å². The molecule has 4 rings (SSSR count). The van der Waals surface area contributed by atoms with Crippen LogP contribution >= 0.6 is 23.2 Å². The Hall–Kier alpha value is -3.36. The quantitative estimate of drug-likeness (QED) is 0.355. The van der Waals surface area contributed by atoms with Gasteiger partial charge < -0.3 is 13.9 Å². The van der Waals surface area contributed by atoms with Crippen molar-refractivity contribution in [2.24, 2.45) is 0 Å². The van der Waals surface area contributed by atoms with Crippen molar-refractivity contribution in [3.63, 3.8) is 0 Å². The maximum Gasteiger partial charge on any atom is 0.361 e. The van der Waals surface area contributed by atoms with E-state index in [1.165, 1.54) is 11.8 Å². The number of benzene rings is 2. The van der Waals surface area contributed by atoms with Crippen LogP contribution in [0.5, 0.6) is 5.75 Å². The maximum atomic E-state index is 12.6. The van der Waals surface area contributed by atoms with Crippen molar-refractivity contribution >= 4 is 29.2 Å². The van der Waals surface area contributed by atoms with E-state index < -0.39 is 5.97 Å². The van der Waals surface area contributed by atoms with E-state index in [-0.39, 0.29) is 12.3 Å². The molecule has 0 aliphatic carbocycles. The SMILES string of the molecule is COc1ccc(-n2nnc(C(=O)OCc3nc(-c4ccc(Cl)cc4)oc3C)c2C)cc1Cl. The van der Waals surface area contributed by atoms with Gasteiger partial charge in [-0.1, -0.05) is 28.4 Å². The monoisotopic (exact) mass is 472 g/mol. The molecule has 32 heavy (non-hydrogen) atoms. The van der Waals surface area contributed by atoms with Crippen LogP contribution in [-0.2, 0) is 11.3 Å². The molecule has 0 aliphatic heterocycles. The lowest BCUT2D eigenvalue weighted by atomic mass is 10.2. The zero-order valence-corrected chi connectivity index (χ0v) is 18.9. The first-order chi connectivity index (χ1) is 15.4. The van der Waals surface area contributed by atoms with E-state index in [2.05, 4.69) is 15.3 Å². The summed E-state index contributed by atoms with van der Waals surface area (Å²) < 4.78 is 17.8. The highest BCUT2D eigenvalue weighted by molar-refractivity contribution is 6.32. The van der Waals surface area contributed by atoms with E-state index in [4.69, 9.17) is 37.1 Å². The van der Waals surface area contributed by atoms with Crippen molar-refractivity contribution in [2.45, 2.75) is 20.5 Å². The number of hydrogen-bond acceptors (Lipinski definition) is 7. The normalized spacial score (nSPS) is 10.9. The minimum absolute atomic E-state index is 0.0670. The fourth-order valence-corrected chi connectivity index (χ4v) is 3.41. The third-order valence-electron chi connectivity index (χ3n) is 4.79. The smallest absolute Gasteiger partial charge is 0.361 e. The maximum absolute atomic E-state index is 12.6. The molecule has 8 nitrogen and oxygen atoms in total. The summed E-state index contributed by atoms with van der Waals surface area (Å²) in [6, 6.07) is 12.2. The second-order valence-corrected chi connectivity index (χ2v) is 7.70. The number of carbonyl (C=O) groups excluding carboxylic acids is 1. The van der Waals surface area contributed by atoms with Gasteiger partial charge in [0.2, 0.25) is 5.89 Å². The number of rotatable bonds is 6. The lowest BCUT2D eigenvalue weighted by molar-refractivity contribution is 0.0459. The van der Waals surface area contributed by atoms with Crippen molar-refractivity contribution in [1.82, 2.24) is 20.0 Å². The number of halogens is 2. The molecule has 0 unspecified atom stereocenters. The van der Waals surface area contributed by atoms with Crippen molar-refractivity contribution in [1.29, 1.82) is 0 Å². The minimum atomic E-state index is -0.621. The first-order valence-electron chi connectivity index (χ1n) is 9.53. The van der Waals surface area contributed by atoms with Crippen LogP contribution in [0.15, 0.2) is 46.9 Å². The second kappa shape index (κ2) is 9.02. The van der Waals surface area contributed by atoms with Crippen LogP contribution in [0.2, 0.25) is 10.0 Å². The van der Waals surface area contributed by atoms with Crippen LogP contribution in [0, 0.1) is 13.8 Å². The Kier molecular flexibility index (Phi) is 6.16. The molecule has 2 heterocycles.